The first-order valence-electron chi connectivity index (χ1n) is 7.23. The maximum absolute atomic E-state index is 13.0. The quantitative estimate of drug-likeness (QED) is 0.349. The molecule has 0 amide bonds. The van der Waals surface area contributed by atoms with Crippen LogP contribution in [-0.2, 0) is 16.0 Å². The number of Topliss-reactive ketones (excluding diaryl/α,β-unsaturated/α-hetero) is 1. The topological polar surface area (TPSA) is 86.5 Å². The summed E-state index contributed by atoms with van der Waals surface area (Å²) in [5.41, 5.74) is 0.826. The minimum atomic E-state index is -1.60. The van der Waals surface area contributed by atoms with Gasteiger partial charge < -0.3 is 4.74 Å². The summed E-state index contributed by atoms with van der Waals surface area (Å²) in [7, 11) is 1.19. The highest BCUT2D eigenvalue weighted by atomic mass is 35.5. The van der Waals surface area contributed by atoms with Crippen LogP contribution in [0.15, 0.2) is 47.4 Å². The third-order valence-electron chi connectivity index (χ3n) is 3.98. The van der Waals surface area contributed by atoms with Gasteiger partial charge in [-0.1, -0.05) is 35.5 Å². The van der Waals surface area contributed by atoms with E-state index in [2.05, 4.69) is 0 Å². The molecule has 0 heterocycles. The number of ether oxygens (including phenoxy) is 1. The molecule has 2 aromatic carbocycles. The van der Waals surface area contributed by atoms with Crippen molar-refractivity contribution in [2.24, 2.45) is 0 Å². The number of carbonyl (C=O) groups excluding carboxylic acids is 2. The van der Waals surface area contributed by atoms with E-state index in [1.54, 1.807) is 24.3 Å². The first kappa shape index (κ1) is 17.4. The molecule has 1 atom stereocenters. The number of thioether (sulfide) groups is 1. The second-order valence-electron chi connectivity index (χ2n) is 5.45. The summed E-state index contributed by atoms with van der Waals surface area (Å²) >= 11 is 6.83. The molecule has 0 saturated carbocycles. The van der Waals surface area contributed by atoms with Gasteiger partial charge in [0.15, 0.2) is 10.5 Å². The zero-order valence-electron chi connectivity index (χ0n) is 13.0. The van der Waals surface area contributed by atoms with Crippen LogP contribution in [0.25, 0.3) is 0 Å². The SMILES string of the molecule is COC(=O)[C@]1(Sc2ccccc2[N+](=O)[O-])Cc2cc(Cl)ccc2C1=O. The van der Waals surface area contributed by atoms with Crippen LogP contribution in [0.5, 0.6) is 0 Å². The van der Waals surface area contributed by atoms with Crippen molar-refractivity contribution in [2.75, 3.05) is 7.11 Å². The third kappa shape index (κ3) is 2.89. The zero-order valence-corrected chi connectivity index (χ0v) is 14.6. The highest BCUT2D eigenvalue weighted by Gasteiger charge is 2.54. The molecule has 0 spiro atoms. The van der Waals surface area contributed by atoms with Crippen molar-refractivity contribution in [2.45, 2.75) is 16.1 Å². The Balaban J connectivity index is 2.10. The Morgan fingerprint density at radius 1 is 1.32 bits per heavy atom. The van der Waals surface area contributed by atoms with Crippen LogP contribution in [-0.4, -0.2) is 28.5 Å². The molecule has 0 fully saturated rings. The number of fused-ring (bicyclic) bond motifs is 1. The van der Waals surface area contributed by atoms with Crippen molar-refractivity contribution >= 4 is 40.8 Å². The minimum Gasteiger partial charge on any atom is -0.468 e. The molecule has 0 saturated heterocycles. The number of benzene rings is 2. The summed E-state index contributed by atoms with van der Waals surface area (Å²) in [6.45, 7) is 0. The predicted octanol–water partition coefficient (Wildman–Crippen LogP) is 3.69. The van der Waals surface area contributed by atoms with E-state index in [1.807, 2.05) is 0 Å². The summed E-state index contributed by atoms with van der Waals surface area (Å²) in [5, 5.41) is 11.7. The van der Waals surface area contributed by atoms with Crippen molar-refractivity contribution < 1.29 is 19.2 Å². The average Bonchev–Trinajstić information content (AvgIpc) is 2.86. The van der Waals surface area contributed by atoms with Gasteiger partial charge in [-0.25, -0.2) is 0 Å². The van der Waals surface area contributed by atoms with E-state index in [1.165, 1.54) is 25.3 Å². The Kier molecular flexibility index (Phi) is 4.53. The van der Waals surface area contributed by atoms with Crippen LogP contribution in [0.4, 0.5) is 5.69 Å². The Morgan fingerprint density at radius 3 is 2.72 bits per heavy atom. The van der Waals surface area contributed by atoms with Crippen molar-refractivity contribution in [3.8, 4) is 0 Å². The lowest BCUT2D eigenvalue weighted by Crippen LogP contribution is -2.42. The third-order valence-corrected chi connectivity index (χ3v) is 5.62. The highest BCUT2D eigenvalue weighted by molar-refractivity contribution is 8.02. The summed E-state index contributed by atoms with van der Waals surface area (Å²) < 4.78 is 3.26. The van der Waals surface area contributed by atoms with E-state index in [4.69, 9.17) is 16.3 Å². The molecule has 25 heavy (non-hydrogen) atoms. The van der Waals surface area contributed by atoms with Crippen molar-refractivity contribution in [3.63, 3.8) is 0 Å². The van der Waals surface area contributed by atoms with Crippen LogP contribution in [0.3, 0.4) is 0 Å². The second-order valence-corrected chi connectivity index (χ2v) is 7.23. The zero-order chi connectivity index (χ0) is 18.2. The van der Waals surface area contributed by atoms with Gasteiger partial charge in [0.1, 0.15) is 0 Å². The lowest BCUT2D eigenvalue weighted by atomic mass is 10.0. The van der Waals surface area contributed by atoms with E-state index in [9.17, 15) is 19.7 Å². The molecule has 3 rings (SSSR count). The van der Waals surface area contributed by atoms with Crippen LogP contribution >= 0.6 is 23.4 Å². The van der Waals surface area contributed by atoms with Gasteiger partial charge in [0.2, 0.25) is 0 Å². The van der Waals surface area contributed by atoms with Gasteiger partial charge >= 0.3 is 5.97 Å². The smallest absolute Gasteiger partial charge is 0.330 e. The normalized spacial score (nSPS) is 18.7. The molecule has 2 aromatic rings. The number of hydrogen-bond donors (Lipinski definition) is 0. The number of esters is 1. The summed E-state index contributed by atoms with van der Waals surface area (Å²) in [6, 6.07) is 10.7. The summed E-state index contributed by atoms with van der Waals surface area (Å²) in [5.74, 6) is -1.18. The Bertz CT molecular complexity index is 900. The number of carbonyl (C=O) groups is 2. The molecular formula is C17H12ClNO5S. The van der Waals surface area contributed by atoms with Crippen LogP contribution in [0.2, 0.25) is 5.02 Å². The van der Waals surface area contributed by atoms with Gasteiger partial charge in [-0.3, -0.25) is 19.7 Å². The number of rotatable bonds is 4. The lowest BCUT2D eigenvalue weighted by molar-refractivity contribution is -0.387. The first-order valence-corrected chi connectivity index (χ1v) is 8.42. The number of nitro benzene ring substituents is 1. The number of para-hydroxylation sites is 1. The summed E-state index contributed by atoms with van der Waals surface area (Å²) in [6.07, 6.45) is 0.0606. The molecule has 0 aromatic heterocycles. The fraction of sp³-hybridized carbons (Fsp3) is 0.176. The number of nitrogens with zero attached hydrogens (tertiary/aromatic N) is 1. The Hall–Kier alpha value is -2.38. The maximum Gasteiger partial charge on any atom is 0.330 e. The molecule has 1 aliphatic carbocycles. The molecule has 0 N–H and O–H groups in total. The Morgan fingerprint density at radius 2 is 2.04 bits per heavy atom. The van der Waals surface area contributed by atoms with E-state index >= 15 is 0 Å². The average molecular weight is 378 g/mol. The van der Waals surface area contributed by atoms with E-state index < -0.39 is 21.4 Å². The van der Waals surface area contributed by atoms with Crippen LogP contribution in [0.1, 0.15) is 15.9 Å². The molecule has 0 bridgehead atoms. The van der Waals surface area contributed by atoms with Gasteiger partial charge in [-0.05, 0) is 29.8 Å². The van der Waals surface area contributed by atoms with E-state index in [0.29, 0.717) is 16.1 Å². The number of halogens is 1. The standard InChI is InChI=1S/C17H12ClNO5S/c1-24-16(21)17(25-14-5-3-2-4-13(14)19(22)23)9-10-8-11(18)6-7-12(10)15(17)20/h2-8H,9H2,1H3/t17-/m0/s1. The van der Waals surface area contributed by atoms with Gasteiger partial charge in [0.25, 0.3) is 5.69 Å². The van der Waals surface area contributed by atoms with Crippen LogP contribution in [0, 0.1) is 10.1 Å². The fourth-order valence-corrected chi connectivity index (χ4v) is 4.39. The first-order chi connectivity index (χ1) is 11.9. The number of methoxy groups -OCH3 is 1. The molecule has 6 nitrogen and oxygen atoms in total. The summed E-state index contributed by atoms with van der Waals surface area (Å²) in [4.78, 5) is 36.4. The minimum absolute atomic E-state index is 0.0606. The number of nitro groups is 1. The van der Waals surface area contributed by atoms with Gasteiger partial charge in [-0.15, -0.1) is 0 Å². The fourth-order valence-electron chi connectivity index (χ4n) is 2.83. The van der Waals surface area contributed by atoms with Gasteiger partial charge in [0.05, 0.1) is 16.9 Å². The lowest BCUT2D eigenvalue weighted by Gasteiger charge is -2.23. The number of hydrogen-bond acceptors (Lipinski definition) is 6. The van der Waals surface area contributed by atoms with Crippen molar-refractivity contribution in [1.29, 1.82) is 0 Å². The van der Waals surface area contributed by atoms with Crippen molar-refractivity contribution in [1.82, 2.24) is 0 Å². The van der Waals surface area contributed by atoms with Gasteiger partial charge in [-0.2, -0.15) is 0 Å². The Labute approximate surface area is 152 Å². The van der Waals surface area contributed by atoms with Crippen LogP contribution < -0.4 is 0 Å². The second kappa shape index (κ2) is 6.50. The molecule has 0 unspecified atom stereocenters. The van der Waals surface area contributed by atoms with E-state index in [0.717, 1.165) is 11.8 Å². The molecule has 0 aliphatic heterocycles. The van der Waals surface area contributed by atoms with Crippen molar-refractivity contribution in [3.05, 3.63) is 68.7 Å². The molecular weight excluding hydrogens is 366 g/mol. The molecule has 8 heteroatoms. The monoisotopic (exact) mass is 377 g/mol. The number of ketones is 1. The molecule has 0 radical (unpaired) electrons. The predicted molar refractivity (Wildman–Crippen MR) is 93.2 cm³/mol. The highest BCUT2D eigenvalue weighted by Crippen LogP contribution is 2.47. The van der Waals surface area contributed by atoms with E-state index in [-0.39, 0.29) is 17.0 Å². The van der Waals surface area contributed by atoms with Gasteiger partial charge in [0, 0.05) is 23.1 Å². The largest absolute Gasteiger partial charge is 0.468 e. The maximum atomic E-state index is 13.0. The molecule has 128 valence electrons. The molecule has 1 aliphatic rings.